The predicted octanol–water partition coefficient (Wildman–Crippen LogP) is 5.30. The van der Waals surface area contributed by atoms with Crippen LogP contribution in [0.4, 0.5) is 10.8 Å². The monoisotopic (exact) mass is 479 g/mol. The topological polar surface area (TPSA) is 89.5 Å². The standard InChI is InChI=1S/C24H21N3O4S2/c1-30-19-11-10-15(12-20(19)31-2)23(29)25-16-6-5-7-17(13-16)32-14-22(28)27-24-26-18-8-3-4-9-21(18)33-24/h3-13H,14H2,1-2H3,(H,25,29)(H,26,27,28). The molecule has 0 saturated carbocycles. The van der Waals surface area contributed by atoms with Gasteiger partial charge in [-0.2, -0.15) is 0 Å². The second kappa shape index (κ2) is 10.4. The number of para-hydroxylation sites is 1. The van der Waals surface area contributed by atoms with E-state index in [-0.39, 0.29) is 17.6 Å². The molecular formula is C24H21N3O4S2. The highest BCUT2D eigenvalue weighted by Crippen LogP contribution is 2.29. The molecule has 0 unspecified atom stereocenters. The quantitative estimate of drug-likeness (QED) is 0.334. The van der Waals surface area contributed by atoms with Gasteiger partial charge in [0.1, 0.15) is 0 Å². The number of hydrogen-bond donors (Lipinski definition) is 2. The number of thioether (sulfide) groups is 1. The molecule has 3 aromatic carbocycles. The Balaban J connectivity index is 1.35. The fourth-order valence-corrected chi connectivity index (χ4v) is 4.71. The number of carbonyl (C=O) groups is 2. The SMILES string of the molecule is COc1ccc(C(=O)Nc2cccc(SCC(=O)Nc3nc4ccccc4s3)c2)cc1OC. The Bertz CT molecular complexity index is 1270. The van der Waals surface area contributed by atoms with E-state index in [9.17, 15) is 9.59 Å². The summed E-state index contributed by atoms with van der Waals surface area (Å²) in [5.41, 5.74) is 1.94. The van der Waals surface area contributed by atoms with Gasteiger partial charge in [0.25, 0.3) is 5.91 Å². The summed E-state index contributed by atoms with van der Waals surface area (Å²) in [7, 11) is 3.06. The minimum absolute atomic E-state index is 0.140. The molecular weight excluding hydrogens is 458 g/mol. The third kappa shape index (κ3) is 5.63. The van der Waals surface area contributed by atoms with Crippen LogP contribution in [-0.4, -0.2) is 36.8 Å². The maximum Gasteiger partial charge on any atom is 0.255 e. The van der Waals surface area contributed by atoms with Gasteiger partial charge in [-0.1, -0.05) is 29.5 Å². The Morgan fingerprint density at radius 2 is 1.76 bits per heavy atom. The lowest BCUT2D eigenvalue weighted by molar-refractivity contribution is -0.113. The molecule has 33 heavy (non-hydrogen) atoms. The molecule has 1 aromatic heterocycles. The number of nitrogens with zero attached hydrogens (tertiary/aromatic N) is 1. The average molecular weight is 480 g/mol. The van der Waals surface area contributed by atoms with Gasteiger partial charge >= 0.3 is 0 Å². The molecule has 9 heteroatoms. The molecule has 4 aromatic rings. The minimum atomic E-state index is -0.272. The smallest absolute Gasteiger partial charge is 0.255 e. The Kier molecular flexibility index (Phi) is 7.11. The third-order valence-electron chi connectivity index (χ3n) is 4.65. The van der Waals surface area contributed by atoms with Crippen LogP contribution >= 0.6 is 23.1 Å². The molecule has 2 amide bonds. The van der Waals surface area contributed by atoms with Crippen LogP contribution < -0.4 is 20.1 Å². The van der Waals surface area contributed by atoms with Crippen molar-refractivity contribution in [1.29, 1.82) is 0 Å². The Hall–Kier alpha value is -3.56. The van der Waals surface area contributed by atoms with Crippen molar-refractivity contribution in [3.05, 3.63) is 72.3 Å². The summed E-state index contributed by atoms with van der Waals surface area (Å²) in [4.78, 5) is 30.3. The van der Waals surface area contributed by atoms with Gasteiger partial charge in [-0.25, -0.2) is 4.98 Å². The van der Waals surface area contributed by atoms with Crippen molar-refractivity contribution in [2.24, 2.45) is 0 Å². The third-order valence-corrected chi connectivity index (χ3v) is 6.59. The predicted molar refractivity (Wildman–Crippen MR) is 133 cm³/mol. The van der Waals surface area contributed by atoms with Gasteiger partial charge in [0, 0.05) is 16.1 Å². The number of carbonyl (C=O) groups excluding carboxylic acids is 2. The first kappa shape index (κ1) is 22.6. The molecule has 4 rings (SSSR count). The van der Waals surface area contributed by atoms with Crippen molar-refractivity contribution in [2.75, 3.05) is 30.6 Å². The fraction of sp³-hybridized carbons (Fsp3) is 0.125. The molecule has 0 radical (unpaired) electrons. The van der Waals surface area contributed by atoms with E-state index in [0.29, 0.717) is 27.9 Å². The number of fused-ring (bicyclic) bond motifs is 1. The molecule has 0 aliphatic rings. The number of rotatable bonds is 8. The summed E-state index contributed by atoms with van der Waals surface area (Å²) >= 11 is 2.82. The van der Waals surface area contributed by atoms with Crippen molar-refractivity contribution in [2.45, 2.75) is 4.90 Å². The first-order chi connectivity index (χ1) is 16.1. The molecule has 2 N–H and O–H groups in total. The minimum Gasteiger partial charge on any atom is -0.493 e. The summed E-state index contributed by atoms with van der Waals surface area (Å²) in [6, 6.07) is 20.1. The Morgan fingerprint density at radius 1 is 0.939 bits per heavy atom. The number of hydrogen-bond acceptors (Lipinski definition) is 7. The van der Waals surface area contributed by atoms with Crippen LogP contribution in [-0.2, 0) is 4.79 Å². The number of aromatic nitrogens is 1. The van der Waals surface area contributed by atoms with Gasteiger partial charge < -0.3 is 20.1 Å². The van der Waals surface area contributed by atoms with Crippen LogP contribution in [0.2, 0.25) is 0 Å². The Labute approximate surface area is 199 Å². The molecule has 0 aliphatic carbocycles. The number of benzene rings is 3. The van der Waals surface area contributed by atoms with Crippen molar-refractivity contribution >= 4 is 55.9 Å². The van der Waals surface area contributed by atoms with E-state index >= 15 is 0 Å². The van der Waals surface area contributed by atoms with Gasteiger partial charge in [-0.05, 0) is 48.5 Å². The number of ether oxygens (including phenoxy) is 2. The normalized spacial score (nSPS) is 10.6. The molecule has 7 nitrogen and oxygen atoms in total. The molecule has 0 saturated heterocycles. The highest BCUT2D eigenvalue weighted by atomic mass is 32.2. The van der Waals surface area contributed by atoms with Crippen LogP contribution in [0.25, 0.3) is 10.2 Å². The Morgan fingerprint density at radius 3 is 2.55 bits per heavy atom. The van der Waals surface area contributed by atoms with Crippen molar-refractivity contribution in [3.8, 4) is 11.5 Å². The zero-order valence-electron chi connectivity index (χ0n) is 18.0. The molecule has 0 fully saturated rings. The molecule has 0 aliphatic heterocycles. The zero-order valence-corrected chi connectivity index (χ0v) is 19.6. The van der Waals surface area contributed by atoms with Crippen molar-refractivity contribution < 1.29 is 19.1 Å². The van der Waals surface area contributed by atoms with E-state index < -0.39 is 0 Å². The van der Waals surface area contributed by atoms with E-state index in [0.717, 1.165) is 15.1 Å². The maximum atomic E-state index is 12.7. The van der Waals surface area contributed by atoms with Gasteiger partial charge in [0.15, 0.2) is 16.6 Å². The number of amides is 2. The van der Waals surface area contributed by atoms with Crippen LogP contribution in [0.5, 0.6) is 11.5 Å². The van der Waals surface area contributed by atoms with Gasteiger partial charge in [-0.15, -0.1) is 11.8 Å². The lowest BCUT2D eigenvalue weighted by atomic mass is 10.2. The summed E-state index contributed by atoms with van der Waals surface area (Å²) in [5, 5.41) is 6.30. The van der Waals surface area contributed by atoms with E-state index in [1.54, 1.807) is 31.4 Å². The van der Waals surface area contributed by atoms with Crippen LogP contribution in [0, 0.1) is 0 Å². The fourth-order valence-electron chi connectivity index (χ4n) is 3.07. The zero-order chi connectivity index (χ0) is 23.2. The lowest BCUT2D eigenvalue weighted by Gasteiger charge is -2.10. The second-order valence-electron chi connectivity index (χ2n) is 6.88. The molecule has 0 spiro atoms. The van der Waals surface area contributed by atoms with E-state index in [4.69, 9.17) is 9.47 Å². The first-order valence-corrected chi connectivity index (χ1v) is 11.8. The lowest BCUT2D eigenvalue weighted by Crippen LogP contribution is -2.14. The highest BCUT2D eigenvalue weighted by molar-refractivity contribution is 8.00. The highest BCUT2D eigenvalue weighted by Gasteiger charge is 2.12. The van der Waals surface area contributed by atoms with E-state index in [2.05, 4.69) is 15.6 Å². The number of thiazole rings is 1. The van der Waals surface area contributed by atoms with E-state index in [1.807, 2.05) is 42.5 Å². The largest absolute Gasteiger partial charge is 0.493 e. The summed E-state index contributed by atoms with van der Waals surface area (Å²) in [6.45, 7) is 0. The molecule has 1 heterocycles. The maximum absolute atomic E-state index is 12.7. The van der Waals surface area contributed by atoms with Crippen molar-refractivity contribution in [1.82, 2.24) is 4.98 Å². The second-order valence-corrected chi connectivity index (χ2v) is 8.95. The van der Waals surface area contributed by atoms with Crippen molar-refractivity contribution in [3.63, 3.8) is 0 Å². The van der Waals surface area contributed by atoms with Gasteiger partial charge in [0.05, 0.1) is 30.2 Å². The summed E-state index contributed by atoms with van der Waals surface area (Å²) in [5.74, 6) is 0.846. The van der Waals surface area contributed by atoms with Gasteiger partial charge in [0.2, 0.25) is 5.91 Å². The summed E-state index contributed by atoms with van der Waals surface area (Å²) < 4.78 is 11.5. The number of anilines is 2. The van der Waals surface area contributed by atoms with Crippen LogP contribution in [0.3, 0.4) is 0 Å². The number of methoxy groups -OCH3 is 2. The first-order valence-electron chi connectivity index (χ1n) is 9.97. The molecule has 0 bridgehead atoms. The van der Waals surface area contributed by atoms with Gasteiger partial charge in [-0.3, -0.25) is 9.59 Å². The van der Waals surface area contributed by atoms with E-state index in [1.165, 1.54) is 30.2 Å². The summed E-state index contributed by atoms with van der Waals surface area (Å²) in [6.07, 6.45) is 0. The number of nitrogens with one attached hydrogen (secondary N) is 2. The van der Waals surface area contributed by atoms with Crippen LogP contribution in [0.15, 0.2) is 71.6 Å². The van der Waals surface area contributed by atoms with Crippen LogP contribution in [0.1, 0.15) is 10.4 Å². The average Bonchev–Trinajstić information content (AvgIpc) is 3.24. The molecule has 0 atom stereocenters. The molecule has 168 valence electrons.